The van der Waals surface area contributed by atoms with Crippen LogP contribution in [-0.4, -0.2) is 40.2 Å². The van der Waals surface area contributed by atoms with Gasteiger partial charge in [-0.25, -0.2) is 9.18 Å². The Morgan fingerprint density at radius 2 is 1.50 bits per heavy atom. The van der Waals surface area contributed by atoms with Crippen LogP contribution in [0.5, 0.6) is 0 Å². The van der Waals surface area contributed by atoms with Gasteiger partial charge in [0.2, 0.25) is 0 Å². The highest BCUT2D eigenvalue weighted by atomic mass is 32.1. The summed E-state index contributed by atoms with van der Waals surface area (Å²) in [4.78, 5) is 31.1. The summed E-state index contributed by atoms with van der Waals surface area (Å²) in [6, 6.07) is 12.8. The highest BCUT2D eigenvalue weighted by molar-refractivity contribution is 7.12. The van der Waals surface area contributed by atoms with Gasteiger partial charge in [-0.05, 0) is 36.8 Å². The lowest BCUT2D eigenvalue weighted by molar-refractivity contribution is -0.138. The fraction of sp³-hybridized carbons (Fsp3) is 0.355. The van der Waals surface area contributed by atoms with E-state index in [0.29, 0.717) is 34.9 Å². The number of nitrogens with zero attached hydrogens (tertiary/aromatic N) is 4. The van der Waals surface area contributed by atoms with Crippen LogP contribution >= 0.6 is 11.3 Å². The zero-order chi connectivity index (χ0) is 33.4. The average molecular weight is 670 g/mol. The number of benzene rings is 2. The lowest BCUT2D eigenvalue weighted by atomic mass is 10.1. The van der Waals surface area contributed by atoms with Crippen molar-refractivity contribution in [3.8, 4) is 0 Å². The summed E-state index contributed by atoms with van der Waals surface area (Å²) in [6.45, 7) is 1.78. The van der Waals surface area contributed by atoms with Crippen LogP contribution in [0.1, 0.15) is 38.2 Å². The fourth-order valence-electron chi connectivity index (χ4n) is 5.61. The Morgan fingerprint density at radius 1 is 0.826 bits per heavy atom. The molecule has 5 rings (SSSR count). The van der Waals surface area contributed by atoms with E-state index in [1.54, 1.807) is 35.2 Å². The molecule has 0 amide bonds. The minimum Gasteiger partial charge on any atom is -0.363 e. The Morgan fingerprint density at radius 3 is 2.11 bits per heavy atom. The summed E-state index contributed by atoms with van der Waals surface area (Å²) < 4.78 is 97.5. The zero-order valence-corrected chi connectivity index (χ0v) is 25.4. The molecule has 2 aromatic heterocycles. The van der Waals surface area contributed by atoms with Gasteiger partial charge in [0.25, 0.3) is 5.56 Å². The topological polar surface area (TPSA) is 76.5 Å². The van der Waals surface area contributed by atoms with Crippen molar-refractivity contribution in [2.45, 2.75) is 45.0 Å². The van der Waals surface area contributed by atoms with Gasteiger partial charge in [-0.15, -0.1) is 11.3 Å². The quantitative estimate of drug-likeness (QED) is 0.247. The Kier molecular flexibility index (Phi) is 9.47. The molecule has 0 saturated carbocycles. The molecule has 1 aliphatic heterocycles. The Bertz CT molecular complexity index is 1810. The molecule has 1 fully saturated rings. The molecule has 2 N–H and O–H groups in total. The molecule has 1 unspecified atom stereocenters. The lowest BCUT2D eigenvalue weighted by Crippen LogP contribution is -2.51. The molecule has 1 saturated heterocycles. The number of anilines is 1. The van der Waals surface area contributed by atoms with Crippen molar-refractivity contribution < 1.29 is 30.7 Å². The standard InChI is InChI=1S/C31H30F7N5O2S/c1-19-27(41-14-12-40(13-15-41)16-21-10-11-26(46-21)31(36,37)38)28(44)43(18-25(39)20-6-3-2-4-7-20)29(45)42(19)17-22-23(30(33,34)35)8-5-9-24(22)32/h2-11,25H,12-18,39H2,1H3. The van der Waals surface area contributed by atoms with E-state index >= 15 is 0 Å². The number of thiophene rings is 1. The molecule has 0 bridgehead atoms. The number of hydrogen-bond acceptors (Lipinski definition) is 6. The lowest BCUT2D eigenvalue weighted by Gasteiger charge is -2.36. The molecule has 46 heavy (non-hydrogen) atoms. The second-order valence-electron chi connectivity index (χ2n) is 11.0. The van der Waals surface area contributed by atoms with Crippen molar-refractivity contribution in [2.75, 3.05) is 31.1 Å². The molecular weight excluding hydrogens is 639 g/mol. The number of nitrogens with two attached hydrogens (primary N) is 1. The van der Waals surface area contributed by atoms with Crippen LogP contribution in [0.3, 0.4) is 0 Å². The summed E-state index contributed by atoms with van der Waals surface area (Å²) in [5, 5.41) is 0. The number of piperazine rings is 1. The maximum Gasteiger partial charge on any atom is 0.425 e. The summed E-state index contributed by atoms with van der Waals surface area (Å²) in [5.74, 6) is -1.16. The summed E-state index contributed by atoms with van der Waals surface area (Å²) in [7, 11) is 0. The van der Waals surface area contributed by atoms with E-state index in [4.69, 9.17) is 5.73 Å². The third kappa shape index (κ3) is 7.05. The smallest absolute Gasteiger partial charge is 0.363 e. The van der Waals surface area contributed by atoms with Gasteiger partial charge in [0.15, 0.2) is 0 Å². The van der Waals surface area contributed by atoms with Gasteiger partial charge in [0.05, 0.1) is 18.7 Å². The molecule has 1 aliphatic rings. The van der Waals surface area contributed by atoms with E-state index in [2.05, 4.69) is 0 Å². The van der Waals surface area contributed by atoms with Crippen molar-refractivity contribution >= 4 is 17.0 Å². The normalized spacial score (nSPS) is 15.4. The minimum atomic E-state index is -4.90. The first-order valence-electron chi connectivity index (χ1n) is 14.3. The van der Waals surface area contributed by atoms with Crippen molar-refractivity contribution in [3.63, 3.8) is 0 Å². The zero-order valence-electron chi connectivity index (χ0n) is 24.5. The van der Waals surface area contributed by atoms with Crippen LogP contribution in [0, 0.1) is 12.7 Å². The maximum atomic E-state index is 14.9. The van der Waals surface area contributed by atoms with Crippen molar-refractivity contribution in [1.29, 1.82) is 0 Å². The average Bonchev–Trinajstić information content (AvgIpc) is 3.48. The molecule has 0 spiro atoms. The van der Waals surface area contributed by atoms with E-state index in [9.17, 15) is 40.3 Å². The highest BCUT2D eigenvalue weighted by Gasteiger charge is 2.36. The van der Waals surface area contributed by atoms with Crippen LogP contribution in [-0.2, 0) is 32.0 Å². The third-order valence-electron chi connectivity index (χ3n) is 8.01. The molecule has 4 aromatic rings. The van der Waals surface area contributed by atoms with Gasteiger partial charge < -0.3 is 10.6 Å². The predicted octanol–water partition coefficient (Wildman–Crippen LogP) is 5.63. The van der Waals surface area contributed by atoms with E-state index < -0.39 is 58.0 Å². The second kappa shape index (κ2) is 13.0. The first-order valence-corrected chi connectivity index (χ1v) is 15.1. The van der Waals surface area contributed by atoms with Crippen molar-refractivity contribution in [3.05, 3.63) is 119 Å². The molecule has 7 nitrogen and oxygen atoms in total. The van der Waals surface area contributed by atoms with E-state index in [1.165, 1.54) is 13.0 Å². The van der Waals surface area contributed by atoms with Crippen LogP contribution in [0.4, 0.5) is 36.4 Å². The van der Waals surface area contributed by atoms with Crippen LogP contribution in [0.15, 0.2) is 70.3 Å². The summed E-state index contributed by atoms with van der Waals surface area (Å²) in [6.07, 6.45) is -9.34. The number of hydrogen-bond donors (Lipinski definition) is 1. The number of aromatic nitrogens is 2. The predicted molar refractivity (Wildman–Crippen MR) is 160 cm³/mol. The third-order valence-corrected chi connectivity index (χ3v) is 9.13. The Labute approximate surface area is 262 Å². The van der Waals surface area contributed by atoms with Crippen LogP contribution in [0.25, 0.3) is 0 Å². The Hall–Kier alpha value is -3.95. The van der Waals surface area contributed by atoms with Gasteiger partial charge in [0, 0.05) is 54.9 Å². The molecule has 0 radical (unpaired) electrons. The monoisotopic (exact) mass is 669 g/mol. The molecule has 246 valence electrons. The molecule has 3 heterocycles. The van der Waals surface area contributed by atoms with E-state index in [-0.39, 0.29) is 37.6 Å². The Balaban J connectivity index is 1.50. The van der Waals surface area contributed by atoms with Crippen molar-refractivity contribution in [2.24, 2.45) is 5.73 Å². The molecular formula is C31H30F7N5O2S. The highest BCUT2D eigenvalue weighted by Crippen LogP contribution is 2.36. The van der Waals surface area contributed by atoms with Gasteiger partial charge in [-0.1, -0.05) is 36.4 Å². The second-order valence-corrected chi connectivity index (χ2v) is 12.2. The molecule has 15 heteroatoms. The van der Waals surface area contributed by atoms with Crippen LogP contribution < -0.4 is 21.9 Å². The van der Waals surface area contributed by atoms with E-state index in [0.717, 1.165) is 33.4 Å². The van der Waals surface area contributed by atoms with Crippen molar-refractivity contribution in [1.82, 2.24) is 14.0 Å². The fourth-order valence-corrected chi connectivity index (χ4v) is 6.53. The first-order chi connectivity index (χ1) is 21.6. The van der Waals surface area contributed by atoms with Gasteiger partial charge in [0.1, 0.15) is 16.4 Å². The SMILES string of the molecule is Cc1c(N2CCN(Cc3ccc(C(F)(F)F)s3)CC2)c(=O)n(CC(N)c2ccccc2)c(=O)n1Cc1c(F)cccc1C(F)(F)F. The number of rotatable bonds is 8. The number of alkyl halides is 6. The molecule has 1 atom stereocenters. The van der Waals surface area contributed by atoms with E-state index in [1.807, 2.05) is 4.90 Å². The molecule has 2 aromatic carbocycles. The van der Waals surface area contributed by atoms with Gasteiger partial charge in [-0.2, -0.15) is 26.3 Å². The van der Waals surface area contributed by atoms with Gasteiger partial charge >= 0.3 is 18.0 Å². The minimum absolute atomic E-state index is 0.0532. The number of halogens is 7. The summed E-state index contributed by atoms with van der Waals surface area (Å²) >= 11 is 0.655. The molecule has 0 aliphatic carbocycles. The largest absolute Gasteiger partial charge is 0.425 e. The first kappa shape index (κ1) is 33.4. The van der Waals surface area contributed by atoms with Gasteiger partial charge in [-0.3, -0.25) is 18.8 Å². The summed E-state index contributed by atoms with van der Waals surface area (Å²) in [5.41, 5.74) is 3.45. The van der Waals surface area contributed by atoms with Crippen LogP contribution in [0.2, 0.25) is 0 Å². The maximum absolute atomic E-state index is 14.9.